The van der Waals surface area contributed by atoms with E-state index in [2.05, 4.69) is 9.97 Å². The normalized spacial score (nSPS) is 11.4. The van der Waals surface area contributed by atoms with Gasteiger partial charge in [0.2, 0.25) is 11.0 Å². The smallest absolute Gasteiger partial charge is 0.242 e. The summed E-state index contributed by atoms with van der Waals surface area (Å²) in [6.07, 6.45) is 3.42. The van der Waals surface area contributed by atoms with Crippen LogP contribution in [0.2, 0.25) is 0 Å². The number of pyridine rings is 3. The number of rotatable bonds is 0. The molecule has 0 amide bonds. The van der Waals surface area contributed by atoms with Gasteiger partial charge in [0.1, 0.15) is 5.52 Å². The van der Waals surface area contributed by atoms with Crippen LogP contribution in [-0.2, 0) is 0 Å². The third-order valence-corrected chi connectivity index (χ3v) is 3.30. The fourth-order valence-electron chi connectivity index (χ4n) is 2.39. The lowest BCUT2D eigenvalue weighted by atomic mass is 10.1. The Labute approximate surface area is 108 Å². The molecule has 3 aromatic heterocycles. The van der Waals surface area contributed by atoms with Crippen LogP contribution >= 0.6 is 0 Å². The van der Waals surface area contributed by atoms with Gasteiger partial charge in [0.05, 0.1) is 10.9 Å². The van der Waals surface area contributed by atoms with Gasteiger partial charge in [-0.15, -0.1) is 0 Å². The zero-order chi connectivity index (χ0) is 12.8. The minimum Gasteiger partial charge on any atom is -0.618 e. The number of fused-ring (bicyclic) bond motifs is 3. The van der Waals surface area contributed by atoms with Gasteiger partial charge in [0.25, 0.3) is 0 Å². The minimum absolute atomic E-state index is 0.574. The first kappa shape index (κ1) is 10.2. The van der Waals surface area contributed by atoms with E-state index >= 15 is 0 Å². The molecule has 0 N–H and O–H groups in total. The standard InChI is InChI=1S/C15H9N3O/c19-18-14-4-2-6-17-13(14)8-11-7-10-3-1-5-16-12(10)9-15(11)18/h1-9H. The third-order valence-electron chi connectivity index (χ3n) is 3.30. The average Bonchev–Trinajstić information content (AvgIpc) is 2.46. The Morgan fingerprint density at radius 2 is 1.58 bits per heavy atom. The highest BCUT2D eigenvalue weighted by atomic mass is 16.5. The predicted molar refractivity (Wildman–Crippen MR) is 73.5 cm³/mol. The van der Waals surface area contributed by atoms with Gasteiger partial charge in [0, 0.05) is 29.9 Å². The molecule has 90 valence electrons. The maximum absolute atomic E-state index is 12.4. The number of hydrogen-bond donors (Lipinski definition) is 0. The Morgan fingerprint density at radius 3 is 2.47 bits per heavy atom. The summed E-state index contributed by atoms with van der Waals surface area (Å²) in [5.41, 5.74) is 2.72. The summed E-state index contributed by atoms with van der Waals surface area (Å²) in [6, 6.07) is 13.1. The van der Waals surface area contributed by atoms with Gasteiger partial charge in [0.15, 0.2) is 0 Å². The van der Waals surface area contributed by atoms with Gasteiger partial charge in [-0.3, -0.25) is 4.98 Å². The molecule has 0 unspecified atom stereocenters. The monoisotopic (exact) mass is 247 g/mol. The molecule has 0 spiro atoms. The van der Waals surface area contributed by atoms with E-state index < -0.39 is 0 Å². The zero-order valence-corrected chi connectivity index (χ0v) is 9.95. The Hall–Kier alpha value is -2.75. The van der Waals surface area contributed by atoms with Crippen molar-refractivity contribution in [3.8, 4) is 0 Å². The molecule has 0 bridgehead atoms. The summed E-state index contributed by atoms with van der Waals surface area (Å²) >= 11 is 0. The molecule has 0 aliphatic rings. The summed E-state index contributed by atoms with van der Waals surface area (Å²) in [6.45, 7) is 0. The number of nitrogens with zero attached hydrogens (tertiary/aromatic N) is 3. The summed E-state index contributed by atoms with van der Waals surface area (Å²) in [4.78, 5) is 8.52. The third kappa shape index (κ3) is 1.43. The second kappa shape index (κ2) is 3.62. The maximum Gasteiger partial charge on any atom is 0.242 e. The fourth-order valence-corrected chi connectivity index (χ4v) is 2.39. The van der Waals surface area contributed by atoms with Gasteiger partial charge in [-0.1, -0.05) is 6.07 Å². The quantitative estimate of drug-likeness (QED) is 0.272. The van der Waals surface area contributed by atoms with Crippen molar-refractivity contribution in [1.82, 2.24) is 9.97 Å². The van der Waals surface area contributed by atoms with Gasteiger partial charge < -0.3 is 5.21 Å². The van der Waals surface area contributed by atoms with Crippen molar-refractivity contribution in [3.05, 3.63) is 60.1 Å². The Morgan fingerprint density at radius 1 is 0.789 bits per heavy atom. The molecule has 3 heterocycles. The summed E-state index contributed by atoms with van der Waals surface area (Å²) < 4.78 is 0.922. The Kier molecular flexibility index (Phi) is 1.94. The highest BCUT2D eigenvalue weighted by Gasteiger charge is 2.12. The topological polar surface area (TPSA) is 52.7 Å². The molecule has 0 saturated carbocycles. The molecule has 0 atom stereocenters. The molecule has 4 aromatic rings. The van der Waals surface area contributed by atoms with Crippen molar-refractivity contribution in [2.75, 3.05) is 0 Å². The van der Waals surface area contributed by atoms with Crippen molar-refractivity contribution in [2.24, 2.45) is 0 Å². The van der Waals surface area contributed by atoms with Crippen LogP contribution in [0.4, 0.5) is 0 Å². The number of aromatic nitrogens is 3. The van der Waals surface area contributed by atoms with Gasteiger partial charge in [-0.05, 0) is 24.3 Å². The molecule has 1 aromatic carbocycles. The first-order valence-corrected chi connectivity index (χ1v) is 5.99. The van der Waals surface area contributed by atoms with E-state index in [1.54, 1.807) is 24.5 Å². The lowest BCUT2D eigenvalue weighted by Gasteiger charge is -2.06. The van der Waals surface area contributed by atoms with E-state index in [-0.39, 0.29) is 0 Å². The maximum atomic E-state index is 12.4. The molecular formula is C15H9N3O. The highest BCUT2D eigenvalue weighted by Crippen LogP contribution is 2.21. The van der Waals surface area contributed by atoms with Gasteiger partial charge in [-0.2, -0.15) is 4.73 Å². The van der Waals surface area contributed by atoms with E-state index in [4.69, 9.17) is 0 Å². The second-order valence-electron chi connectivity index (χ2n) is 4.45. The van der Waals surface area contributed by atoms with Gasteiger partial charge in [-0.25, -0.2) is 4.98 Å². The Balaban J connectivity index is 2.25. The molecule has 4 rings (SSSR count). The zero-order valence-electron chi connectivity index (χ0n) is 9.95. The molecule has 0 radical (unpaired) electrons. The van der Waals surface area contributed by atoms with Crippen molar-refractivity contribution in [3.63, 3.8) is 0 Å². The first-order valence-electron chi connectivity index (χ1n) is 5.99. The van der Waals surface area contributed by atoms with Gasteiger partial charge >= 0.3 is 0 Å². The van der Waals surface area contributed by atoms with Crippen LogP contribution in [0.1, 0.15) is 0 Å². The van der Waals surface area contributed by atoms with Crippen LogP contribution in [0.25, 0.3) is 32.8 Å². The molecule has 0 aliphatic carbocycles. The SMILES string of the molecule is [O-][n+]1c2cc3ncccc3cc2cc2ncccc21. The van der Waals surface area contributed by atoms with Crippen molar-refractivity contribution in [2.45, 2.75) is 0 Å². The molecule has 0 saturated heterocycles. The van der Waals surface area contributed by atoms with Crippen LogP contribution in [0.15, 0.2) is 54.9 Å². The van der Waals surface area contributed by atoms with Crippen LogP contribution in [-0.4, -0.2) is 9.97 Å². The fraction of sp³-hybridized carbons (Fsp3) is 0. The van der Waals surface area contributed by atoms with E-state index in [0.29, 0.717) is 16.6 Å². The number of benzene rings is 1. The van der Waals surface area contributed by atoms with E-state index in [1.165, 1.54) is 0 Å². The predicted octanol–water partition coefficient (Wildman–Crippen LogP) is 2.57. The van der Waals surface area contributed by atoms with Crippen LogP contribution < -0.4 is 4.73 Å². The first-order chi connectivity index (χ1) is 9.33. The summed E-state index contributed by atoms with van der Waals surface area (Å²) in [5, 5.41) is 14.3. The van der Waals surface area contributed by atoms with Crippen LogP contribution in [0.5, 0.6) is 0 Å². The molecule has 4 nitrogen and oxygen atoms in total. The summed E-state index contributed by atoms with van der Waals surface area (Å²) in [5.74, 6) is 0. The largest absolute Gasteiger partial charge is 0.618 e. The molecule has 4 heteroatoms. The minimum atomic E-state index is 0.574. The van der Waals surface area contributed by atoms with Crippen molar-refractivity contribution < 1.29 is 4.73 Å². The van der Waals surface area contributed by atoms with Crippen LogP contribution in [0, 0.1) is 5.21 Å². The van der Waals surface area contributed by atoms with Crippen LogP contribution in [0.3, 0.4) is 0 Å². The van der Waals surface area contributed by atoms with E-state index in [9.17, 15) is 5.21 Å². The number of hydrogen-bond acceptors (Lipinski definition) is 3. The summed E-state index contributed by atoms with van der Waals surface area (Å²) in [7, 11) is 0. The lowest BCUT2D eigenvalue weighted by molar-refractivity contribution is -0.547. The highest BCUT2D eigenvalue weighted by molar-refractivity contribution is 5.96. The molecule has 19 heavy (non-hydrogen) atoms. The lowest BCUT2D eigenvalue weighted by Crippen LogP contribution is -2.28. The average molecular weight is 247 g/mol. The molecule has 0 aliphatic heterocycles. The van der Waals surface area contributed by atoms with Crippen molar-refractivity contribution >= 4 is 32.8 Å². The van der Waals surface area contributed by atoms with Crippen molar-refractivity contribution in [1.29, 1.82) is 0 Å². The Bertz CT molecular complexity index is 929. The molecule has 0 fully saturated rings. The van der Waals surface area contributed by atoms with E-state index in [0.717, 1.165) is 21.0 Å². The molecular weight excluding hydrogens is 238 g/mol. The second-order valence-corrected chi connectivity index (χ2v) is 4.45. The van der Waals surface area contributed by atoms with E-state index in [1.807, 2.05) is 30.3 Å².